The fourth-order valence-electron chi connectivity index (χ4n) is 3.68. The zero-order chi connectivity index (χ0) is 19.2. The topological polar surface area (TPSA) is 85.4 Å². The van der Waals surface area contributed by atoms with Crippen molar-refractivity contribution in [1.82, 2.24) is 0 Å². The van der Waals surface area contributed by atoms with Crippen LogP contribution >= 0.6 is 0 Å². The van der Waals surface area contributed by atoms with Crippen LogP contribution < -0.4 is 0 Å². The SMILES string of the molecule is C=C1C(=O)OC2C=C(C)C(O)CCC3(C)OC3C(OC(=O)C(C)=CC)C12. The molecule has 0 saturated carbocycles. The Hall–Kier alpha value is -1.92. The number of epoxide rings is 1. The lowest BCUT2D eigenvalue weighted by Gasteiger charge is -2.27. The maximum absolute atomic E-state index is 12.4. The molecule has 0 aromatic heterocycles. The summed E-state index contributed by atoms with van der Waals surface area (Å²) >= 11 is 0. The van der Waals surface area contributed by atoms with Crippen LogP contribution in [0.15, 0.2) is 35.5 Å². The van der Waals surface area contributed by atoms with E-state index in [4.69, 9.17) is 14.2 Å². The average Bonchev–Trinajstić information content (AvgIpc) is 3.20. The molecule has 6 atom stereocenters. The molecule has 142 valence electrons. The van der Waals surface area contributed by atoms with Crippen molar-refractivity contribution in [1.29, 1.82) is 0 Å². The standard InChI is InChI=1S/C20H26O6/c1-6-10(2)18(22)25-16-15-12(4)19(23)24-14(15)9-11(3)13(21)7-8-20(5)17(16)26-20/h6,9,13-17,21H,4,7-8H2,1-3,5H3. The highest BCUT2D eigenvalue weighted by atomic mass is 16.6. The molecule has 2 fully saturated rings. The van der Waals surface area contributed by atoms with Crippen LogP contribution in [0.3, 0.4) is 0 Å². The van der Waals surface area contributed by atoms with Crippen LogP contribution in [0.2, 0.25) is 0 Å². The van der Waals surface area contributed by atoms with Crippen molar-refractivity contribution < 1.29 is 28.9 Å². The first-order chi connectivity index (χ1) is 12.2. The van der Waals surface area contributed by atoms with Gasteiger partial charge in [-0.3, -0.25) is 0 Å². The van der Waals surface area contributed by atoms with Crippen molar-refractivity contribution in [3.05, 3.63) is 35.5 Å². The van der Waals surface area contributed by atoms with E-state index in [1.807, 2.05) is 6.92 Å². The summed E-state index contributed by atoms with van der Waals surface area (Å²) in [6.07, 6.45) is 2.25. The Bertz CT molecular complexity index is 705. The molecule has 2 heterocycles. The van der Waals surface area contributed by atoms with Crippen LogP contribution in [0.5, 0.6) is 0 Å². The smallest absolute Gasteiger partial charge is 0.334 e. The van der Waals surface area contributed by atoms with Crippen LogP contribution in [-0.4, -0.2) is 47.1 Å². The Balaban J connectivity index is 2.00. The van der Waals surface area contributed by atoms with E-state index in [0.717, 1.165) is 5.57 Å². The first-order valence-corrected chi connectivity index (χ1v) is 8.96. The highest BCUT2D eigenvalue weighted by Crippen LogP contribution is 2.49. The number of rotatable bonds is 2. The highest BCUT2D eigenvalue weighted by Gasteiger charge is 2.62. The predicted octanol–water partition coefficient (Wildman–Crippen LogP) is 2.22. The number of carbonyl (C=O) groups excluding carboxylic acids is 2. The molecule has 0 bridgehead atoms. The minimum Gasteiger partial charge on any atom is -0.455 e. The number of fused-ring (bicyclic) bond motifs is 2. The zero-order valence-corrected chi connectivity index (χ0v) is 15.7. The average molecular weight is 362 g/mol. The minimum atomic E-state index is -0.675. The molecule has 3 rings (SSSR count). The van der Waals surface area contributed by atoms with E-state index in [1.54, 1.807) is 32.9 Å². The number of aliphatic hydroxyl groups is 1. The molecule has 1 N–H and O–H groups in total. The van der Waals surface area contributed by atoms with Gasteiger partial charge in [-0.05, 0) is 52.2 Å². The van der Waals surface area contributed by atoms with Gasteiger partial charge in [-0.2, -0.15) is 0 Å². The van der Waals surface area contributed by atoms with Crippen molar-refractivity contribution in [3.63, 3.8) is 0 Å². The number of hydrogen-bond acceptors (Lipinski definition) is 6. The molecular weight excluding hydrogens is 336 g/mol. The molecule has 1 aliphatic carbocycles. The molecule has 6 heteroatoms. The molecule has 0 radical (unpaired) electrons. The van der Waals surface area contributed by atoms with Crippen molar-refractivity contribution in [2.24, 2.45) is 5.92 Å². The lowest BCUT2D eigenvalue weighted by molar-refractivity contribution is -0.148. The van der Waals surface area contributed by atoms with Crippen LogP contribution in [0, 0.1) is 5.92 Å². The molecular formula is C20H26O6. The van der Waals surface area contributed by atoms with Crippen LogP contribution in [-0.2, 0) is 23.8 Å². The molecule has 0 aromatic rings. The first-order valence-electron chi connectivity index (χ1n) is 8.96. The number of allylic oxidation sites excluding steroid dienone is 1. The van der Waals surface area contributed by atoms with Gasteiger partial charge >= 0.3 is 11.9 Å². The second-order valence-corrected chi connectivity index (χ2v) is 7.58. The maximum Gasteiger partial charge on any atom is 0.334 e. The molecule has 26 heavy (non-hydrogen) atoms. The fraction of sp³-hybridized carbons (Fsp3) is 0.600. The largest absolute Gasteiger partial charge is 0.455 e. The Kier molecular flexibility index (Phi) is 4.84. The third-order valence-electron chi connectivity index (χ3n) is 5.72. The zero-order valence-electron chi connectivity index (χ0n) is 15.7. The van der Waals surface area contributed by atoms with Gasteiger partial charge < -0.3 is 19.3 Å². The predicted molar refractivity (Wildman–Crippen MR) is 94.1 cm³/mol. The fourth-order valence-corrected chi connectivity index (χ4v) is 3.68. The van der Waals surface area contributed by atoms with Crippen LogP contribution in [0.25, 0.3) is 0 Å². The summed E-state index contributed by atoms with van der Waals surface area (Å²) in [6, 6.07) is 0. The van der Waals surface area contributed by atoms with E-state index in [0.29, 0.717) is 18.4 Å². The Morgan fingerprint density at radius 3 is 2.85 bits per heavy atom. The summed E-state index contributed by atoms with van der Waals surface area (Å²) in [6.45, 7) is 11.0. The Morgan fingerprint density at radius 2 is 2.19 bits per heavy atom. The van der Waals surface area contributed by atoms with Gasteiger partial charge in [0.1, 0.15) is 18.3 Å². The van der Waals surface area contributed by atoms with Gasteiger partial charge in [-0.25, -0.2) is 9.59 Å². The van der Waals surface area contributed by atoms with Gasteiger partial charge in [0.15, 0.2) is 0 Å². The summed E-state index contributed by atoms with van der Waals surface area (Å²) in [7, 11) is 0. The second kappa shape index (κ2) is 6.67. The third kappa shape index (κ3) is 3.23. The van der Waals surface area contributed by atoms with Gasteiger partial charge in [-0.15, -0.1) is 0 Å². The van der Waals surface area contributed by atoms with Crippen molar-refractivity contribution in [3.8, 4) is 0 Å². The number of carbonyl (C=O) groups is 2. The highest BCUT2D eigenvalue weighted by molar-refractivity contribution is 5.92. The van der Waals surface area contributed by atoms with Gasteiger partial charge in [0.2, 0.25) is 0 Å². The molecule has 6 unspecified atom stereocenters. The lowest BCUT2D eigenvalue weighted by Crippen LogP contribution is -2.40. The minimum absolute atomic E-state index is 0.267. The van der Waals surface area contributed by atoms with Gasteiger partial charge in [-0.1, -0.05) is 12.7 Å². The van der Waals surface area contributed by atoms with E-state index in [9.17, 15) is 14.7 Å². The quantitative estimate of drug-likeness (QED) is 0.351. The number of hydrogen-bond donors (Lipinski definition) is 1. The second-order valence-electron chi connectivity index (χ2n) is 7.58. The summed E-state index contributed by atoms with van der Waals surface area (Å²) < 4.78 is 17.1. The van der Waals surface area contributed by atoms with E-state index >= 15 is 0 Å². The first kappa shape index (κ1) is 18.9. The Morgan fingerprint density at radius 1 is 1.50 bits per heavy atom. The van der Waals surface area contributed by atoms with Crippen molar-refractivity contribution in [2.45, 2.75) is 70.6 Å². The third-order valence-corrected chi connectivity index (χ3v) is 5.72. The van der Waals surface area contributed by atoms with E-state index in [2.05, 4.69) is 6.58 Å². The van der Waals surface area contributed by atoms with Crippen molar-refractivity contribution in [2.75, 3.05) is 0 Å². The summed E-state index contributed by atoms with van der Waals surface area (Å²) in [4.78, 5) is 24.5. The normalized spacial score (nSPS) is 40.1. The van der Waals surface area contributed by atoms with E-state index < -0.39 is 41.8 Å². The monoisotopic (exact) mass is 362 g/mol. The van der Waals surface area contributed by atoms with E-state index in [-0.39, 0.29) is 11.7 Å². The summed E-state index contributed by atoms with van der Waals surface area (Å²) in [5, 5.41) is 10.3. The molecule has 0 spiro atoms. The van der Waals surface area contributed by atoms with Gasteiger partial charge in [0, 0.05) is 11.1 Å². The number of esters is 2. The molecule has 2 saturated heterocycles. The number of ether oxygens (including phenoxy) is 3. The number of aliphatic hydroxyl groups excluding tert-OH is 1. The van der Waals surface area contributed by atoms with Crippen LogP contribution in [0.4, 0.5) is 0 Å². The van der Waals surface area contributed by atoms with E-state index in [1.165, 1.54) is 0 Å². The summed E-state index contributed by atoms with van der Waals surface area (Å²) in [5.41, 5.74) is 0.964. The maximum atomic E-state index is 12.4. The van der Waals surface area contributed by atoms with Crippen molar-refractivity contribution >= 4 is 11.9 Å². The molecule has 0 aromatic carbocycles. The Labute approximate surface area is 153 Å². The van der Waals surface area contributed by atoms with Crippen LogP contribution in [0.1, 0.15) is 40.5 Å². The molecule has 3 aliphatic rings. The molecule has 2 aliphatic heterocycles. The molecule has 0 amide bonds. The lowest BCUT2D eigenvalue weighted by atomic mass is 9.82. The van der Waals surface area contributed by atoms with Gasteiger partial charge in [0.25, 0.3) is 0 Å². The summed E-state index contributed by atoms with van der Waals surface area (Å²) in [5.74, 6) is -1.49. The van der Waals surface area contributed by atoms with Gasteiger partial charge in [0.05, 0.1) is 17.6 Å². The molecule has 6 nitrogen and oxygen atoms in total.